The lowest BCUT2D eigenvalue weighted by molar-refractivity contribution is -0.140. The number of carbonyl (C=O) groups is 2. The summed E-state index contributed by atoms with van der Waals surface area (Å²) < 4.78 is 30.6. The molecule has 0 radical (unpaired) electrons. The molecule has 0 spiro atoms. The quantitative estimate of drug-likeness (QED) is 0.727. The molecule has 21 heavy (non-hydrogen) atoms. The van der Waals surface area contributed by atoms with Crippen molar-refractivity contribution in [3.8, 4) is 0 Å². The van der Waals surface area contributed by atoms with E-state index in [-0.39, 0.29) is 18.5 Å². The second-order valence-corrected chi connectivity index (χ2v) is 4.60. The number of ether oxygens (including phenoxy) is 1. The van der Waals surface area contributed by atoms with Crippen LogP contribution >= 0.6 is 0 Å². The third kappa shape index (κ3) is 5.13. The zero-order valence-electron chi connectivity index (χ0n) is 12.2. The SMILES string of the molecule is CCCCN(CCC(=O)OC)C(=O)c1ccc(F)c(F)c1. The monoisotopic (exact) mass is 299 g/mol. The first kappa shape index (κ1) is 17.1. The summed E-state index contributed by atoms with van der Waals surface area (Å²) in [6.07, 6.45) is 1.70. The van der Waals surface area contributed by atoms with Gasteiger partial charge in [-0.25, -0.2) is 8.78 Å². The zero-order valence-corrected chi connectivity index (χ0v) is 12.2. The highest BCUT2D eigenvalue weighted by Gasteiger charge is 2.18. The van der Waals surface area contributed by atoms with Crippen LogP contribution in [0.4, 0.5) is 8.78 Å². The number of benzene rings is 1. The molecule has 0 saturated carbocycles. The summed E-state index contributed by atoms with van der Waals surface area (Å²) in [4.78, 5) is 24.9. The van der Waals surface area contributed by atoms with Crippen molar-refractivity contribution in [2.45, 2.75) is 26.2 Å². The summed E-state index contributed by atoms with van der Waals surface area (Å²) >= 11 is 0. The molecule has 1 aromatic carbocycles. The van der Waals surface area contributed by atoms with Crippen molar-refractivity contribution in [2.24, 2.45) is 0 Å². The van der Waals surface area contributed by atoms with E-state index in [1.165, 1.54) is 18.1 Å². The van der Waals surface area contributed by atoms with Gasteiger partial charge in [-0.15, -0.1) is 0 Å². The van der Waals surface area contributed by atoms with Gasteiger partial charge in [0, 0.05) is 18.7 Å². The highest BCUT2D eigenvalue weighted by Crippen LogP contribution is 2.12. The Morgan fingerprint density at radius 1 is 1.19 bits per heavy atom. The number of methoxy groups -OCH3 is 1. The van der Waals surface area contributed by atoms with Gasteiger partial charge in [-0.2, -0.15) is 0 Å². The van der Waals surface area contributed by atoms with Crippen LogP contribution in [0.2, 0.25) is 0 Å². The molecule has 0 aliphatic rings. The Bertz CT molecular complexity index is 506. The molecular formula is C15H19F2NO3. The summed E-state index contributed by atoms with van der Waals surface area (Å²) in [5.41, 5.74) is 0.0647. The number of amides is 1. The Labute approximate surface area is 122 Å². The van der Waals surface area contributed by atoms with Gasteiger partial charge >= 0.3 is 5.97 Å². The molecule has 0 unspecified atom stereocenters. The maximum Gasteiger partial charge on any atom is 0.307 e. The van der Waals surface area contributed by atoms with E-state index in [1.807, 2.05) is 6.92 Å². The Balaban J connectivity index is 2.82. The normalized spacial score (nSPS) is 10.3. The molecule has 6 heteroatoms. The molecular weight excluding hydrogens is 280 g/mol. The number of unbranched alkanes of at least 4 members (excludes halogenated alkanes) is 1. The lowest BCUT2D eigenvalue weighted by atomic mass is 10.1. The molecule has 0 heterocycles. The molecule has 0 fully saturated rings. The molecule has 1 aromatic rings. The second kappa shape index (κ2) is 8.34. The van der Waals surface area contributed by atoms with E-state index in [9.17, 15) is 18.4 Å². The summed E-state index contributed by atoms with van der Waals surface area (Å²) in [6, 6.07) is 3.02. The molecule has 1 amide bonds. The van der Waals surface area contributed by atoms with Crippen molar-refractivity contribution in [2.75, 3.05) is 20.2 Å². The van der Waals surface area contributed by atoms with Crippen LogP contribution in [-0.4, -0.2) is 37.0 Å². The van der Waals surface area contributed by atoms with Gasteiger partial charge < -0.3 is 9.64 Å². The summed E-state index contributed by atoms with van der Waals surface area (Å²) in [5.74, 6) is -2.91. The molecule has 0 bridgehead atoms. The predicted octanol–water partition coefficient (Wildman–Crippen LogP) is 2.77. The number of esters is 1. The third-order valence-corrected chi connectivity index (χ3v) is 3.05. The third-order valence-electron chi connectivity index (χ3n) is 3.05. The second-order valence-electron chi connectivity index (χ2n) is 4.60. The van der Waals surface area contributed by atoms with Crippen LogP contribution in [0.1, 0.15) is 36.5 Å². The minimum atomic E-state index is -1.07. The summed E-state index contributed by atoms with van der Waals surface area (Å²) in [7, 11) is 1.27. The van der Waals surface area contributed by atoms with Crippen LogP contribution < -0.4 is 0 Å². The first-order valence-corrected chi connectivity index (χ1v) is 6.80. The number of hydrogen-bond donors (Lipinski definition) is 0. The van der Waals surface area contributed by atoms with Crippen LogP contribution in [0.15, 0.2) is 18.2 Å². The van der Waals surface area contributed by atoms with Crippen molar-refractivity contribution in [3.05, 3.63) is 35.4 Å². The van der Waals surface area contributed by atoms with Crippen molar-refractivity contribution in [3.63, 3.8) is 0 Å². The molecule has 0 atom stereocenters. The van der Waals surface area contributed by atoms with Crippen LogP contribution in [0.3, 0.4) is 0 Å². The van der Waals surface area contributed by atoms with Gasteiger partial charge in [0.25, 0.3) is 5.91 Å². The van der Waals surface area contributed by atoms with Crippen molar-refractivity contribution in [1.29, 1.82) is 0 Å². The maximum absolute atomic E-state index is 13.2. The highest BCUT2D eigenvalue weighted by molar-refractivity contribution is 5.94. The standard InChI is InChI=1S/C15H19F2NO3/c1-3-4-8-18(9-7-14(19)21-2)15(20)11-5-6-12(16)13(17)10-11/h5-6,10H,3-4,7-9H2,1-2H3. The zero-order chi connectivity index (χ0) is 15.8. The van der Waals surface area contributed by atoms with Crippen molar-refractivity contribution >= 4 is 11.9 Å². The van der Waals surface area contributed by atoms with E-state index in [2.05, 4.69) is 4.74 Å². The number of rotatable bonds is 7. The Kier molecular flexibility index (Phi) is 6.78. The Morgan fingerprint density at radius 2 is 1.90 bits per heavy atom. The average molecular weight is 299 g/mol. The lowest BCUT2D eigenvalue weighted by Gasteiger charge is -2.22. The molecule has 0 aromatic heterocycles. The van der Waals surface area contributed by atoms with E-state index < -0.39 is 23.5 Å². The van der Waals surface area contributed by atoms with Gasteiger partial charge in [-0.1, -0.05) is 13.3 Å². The smallest absolute Gasteiger partial charge is 0.307 e. The maximum atomic E-state index is 13.2. The Morgan fingerprint density at radius 3 is 2.48 bits per heavy atom. The lowest BCUT2D eigenvalue weighted by Crippen LogP contribution is -2.34. The largest absolute Gasteiger partial charge is 0.469 e. The van der Waals surface area contributed by atoms with E-state index in [4.69, 9.17) is 0 Å². The molecule has 1 rings (SSSR count). The van der Waals surface area contributed by atoms with Crippen LogP contribution in [0, 0.1) is 11.6 Å². The van der Waals surface area contributed by atoms with Gasteiger partial charge in [0.1, 0.15) is 0 Å². The minimum absolute atomic E-state index is 0.0647. The van der Waals surface area contributed by atoms with E-state index in [0.29, 0.717) is 6.54 Å². The highest BCUT2D eigenvalue weighted by atomic mass is 19.2. The molecule has 0 aliphatic carbocycles. The number of carbonyl (C=O) groups excluding carboxylic acids is 2. The predicted molar refractivity (Wildman–Crippen MR) is 73.8 cm³/mol. The van der Waals surface area contributed by atoms with Crippen LogP contribution in [0.25, 0.3) is 0 Å². The van der Waals surface area contributed by atoms with E-state index in [0.717, 1.165) is 25.0 Å². The fraction of sp³-hybridized carbons (Fsp3) is 0.467. The van der Waals surface area contributed by atoms with Crippen LogP contribution in [0.5, 0.6) is 0 Å². The van der Waals surface area contributed by atoms with Gasteiger partial charge in [-0.05, 0) is 24.6 Å². The average Bonchev–Trinajstić information content (AvgIpc) is 2.49. The van der Waals surface area contributed by atoms with Gasteiger partial charge in [-0.3, -0.25) is 9.59 Å². The molecule has 0 N–H and O–H groups in total. The fourth-order valence-electron chi connectivity index (χ4n) is 1.80. The molecule has 0 saturated heterocycles. The summed E-state index contributed by atoms with van der Waals surface area (Å²) in [5, 5.41) is 0. The number of nitrogens with zero attached hydrogens (tertiary/aromatic N) is 1. The number of hydrogen-bond acceptors (Lipinski definition) is 3. The van der Waals surface area contributed by atoms with E-state index >= 15 is 0 Å². The minimum Gasteiger partial charge on any atom is -0.469 e. The Hall–Kier alpha value is -1.98. The van der Waals surface area contributed by atoms with Gasteiger partial charge in [0.15, 0.2) is 11.6 Å². The van der Waals surface area contributed by atoms with Crippen molar-refractivity contribution in [1.82, 2.24) is 4.90 Å². The van der Waals surface area contributed by atoms with Gasteiger partial charge in [0.05, 0.1) is 13.5 Å². The molecule has 116 valence electrons. The fourth-order valence-corrected chi connectivity index (χ4v) is 1.80. The first-order chi connectivity index (χ1) is 9.99. The first-order valence-electron chi connectivity index (χ1n) is 6.80. The van der Waals surface area contributed by atoms with Crippen molar-refractivity contribution < 1.29 is 23.1 Å². The molecule has 4 nitrogen and oxygen atoms in total. The topological polar surface area (TPSA) is 46.6 Å². The summed E-state index contributed by atoms with van der Waals surface area (Å²) in [6.45, 7) is 2.61. The van der Waals surface area contributed by atoms with E-state index in [1.54, 1.807) is 0 Å². The molecule has 0 aliphatic heterocycles. The number of halogens is 2. The van der Waals surface area contributed by atoms with Crippen LogP contribution in [-0.2, 0) is 9.53 Å². The van der Waals surface area contributed by atoms with Gasteiger partial charge in [0.2, 0.25) is 0 Å².